The molecule has 2 heterocycles. The number of hydrogen-bond donors (Lipinski definition) is 3. The third-order valence-corrected chi connectivity index (χ3v) is 5.66. The molecule has 0 bridgehead atoms. The van der Waals surface area contributed by atoms with Crippen molar-refractivity contribution in [2.75, 3.05) is 25.1 Å². The van der Waals surface area contributed by atoms with Crippen LogP contribution in [0.2, 0.25) is 0 Å². The fraction of sp³-hybridized carbons (Fsp3) is 0.522. The standard InChI is InChI=1S/C23H33N5O2/c1-4-17(27-18-10-13-30-14-11-18)9-12-25-23-21(22(24)26-16(3)29)15(2)19-7-5-6-8-20(19)28-23/h5-8,17-18,27H,4,9-14H2,1-3H3,(H,25,28)(H2,24,26,29). The minimum Gasteiger partial charge on any atom is -0.383 e. The molecule has 1 aliphatic rings. The van der Waals surface area contributed by atoms with Crippen LogP contribution < -0.4 is 16.4 Å². The number of amidine groups is 1. The van der Waals surface area contributed by atoms with Gasteiger partial charge in [-0.3, -0.25) is 4.79 Å². The number of fused-ring (bicyclic) bond motifs is 1. The summed E-state index contributed by atoms with van der Waals surface area (Å²) in [5.41, 5.74) is 8.76. The van der Waals surface area contributed by atoms with Crippen LogP contribution in [-0.2, 0) is 9.53 Å². The summed E-state index contributed by atoms with van der Waals surface area (Å²) in [5, 5.41) is 8.22. The molecule has 1 unspecified atom stereocenters. The van der Waals surface area contributed by atoms with E-state index in [2.05, 4.69) is 22.5 Å². The minimum absolute atomic E-state index is 0.202. The Labute approximate surface area is 178 Å². The summed E-state index contributed by atoms with van der Waals surface area (Å²) in [7, 11) is 0. The molecule has 2 aromatic rings. The van der Waals surface area contributed by atoms with Gasteiger partial charge < -0.3 is 21.1 Å². The maximum absolute atomic E-state index is 11.5. The average Bonchev–Trinajstić information content (AvgIpc) is 2.73. The Morgan fingerprint density at radius 2 is 2.07 bits per heavy atom. The molecule has 3 rings (SSSR count). The maximum atomic E-state index is 11.5. The Hall–Kier alpha value is -2.51. The highest BCUT2D eigenvalue weighted by atomic mass is 16.5. The van der Waals surface area contributed by atoms with Crippen LogP contribution in [0.3, 0.4) is 0 Å². The van der Waals surface area contributed by atoms with Gasteiger partial charge in [0.05, 0.1) is 11.1 Å². The fourth-order valence-corrected chi connectivity index (χ4v) is 4.01. The number of amides is 1. The van der Waals surface area contributed by atoms with Crippen molar-refractivity contribution in [3.05, 3.63) is 35.4 Å². The van der Waals surface area contributed by atoms with Crippen molar-refractivity contribution in [2.45, 2.75) is 58.5 Å². The third kappa shape index (κ3) is 5.55. The molecule has 1 aromatic heterocycles. The first-order chi connectivity index (χ1) is 14.5. The van der Waals surface area contributed by atoms with Crippen molar-refractivity contribution in [3.8, 4) is 0 Å². The molecular weight excluding hydrogens is 378 g/mol. The number of pyridine rings is 1. The first-order valence-electron chi connectivity index (χ1n) is 10.8. The Bertz CT molecular complexity index is 906. The van der Waals surface area contributed by atoms with Crippen LogP contribution in [0.25, 0.3) is 10.9 Å². The van der Waals surface area contributed by atoms with Crippen molar-refractivity contribution < 1.29 is 9.53 Å². The Balaban J connectivity index is 1.77. The predicted octanol–water partition coefficient (Wildman–Crippen LogP) is 3.14. The molecule has 7 nitrogen and oxygen atoms in total. The summed E-state index contributed by atoms with van der Waals surface area (Å²) in [6.07, 6.45) is 4.16. The van der Waals surface area contributed by atoms with E-state index in [1.807, 2.05) is 31.2 Å². The van der Waals surface area contributed by atoms with E-state index in [1.54, 1.807) is 0 Å². The van der Waals surface area contributed by atoms with Crippen LogP contribution in [0.1, 0.15) is 50.7 Å². The van der Waals surface area contributed by atoms with E-state index in [0.717, 1.165) is 61.9 Å². The van der Waals surface area contributed by atoms with Gasteiger partial charge in [-0.15, -0.1) is 0 Å². The molecule has 0 aliphatic carbocycles. The van der Waals surface area contributed by atoms with Crippen molar-refractivity contribution in [1.29, 1.82) is 0 Å². The molecule has 1 amide bonds. The Kier molecular flexibility index (Phi) is 7.76. The molecule has 1 aliphatic heterocycles. The molecule has 1 aromatic carbocycles. The van der Waals surface area contributed by atoms with Crippen LogP contribution in [0.5, 0.6) is 0 Å². The van der Waals surface area contributed by atoms with Gasteiger partial charge in [-0.25, -0.2) is 4.98 Å². The fourth-order valence-electron chi connectivity index (χ4n) is 4.01. The third-order valence-electron chi connectivity index (χ3n) is 5.66. The summed E-state index contributed by atoms with van der Waals surface area (Å²) in [4.78, 5) is 20.3. The number of benzene rings is 1. The largest absolute Gasteiger partial charge is 0.383 e. The lowest BCUT2D eigenvalue weighted by atomic mass is 10.0. The minimum atomic E-state index is -0.322. The van der Waals surface area contributed by atoms with Gasteiger partial charge in [0, 0.05) is 44.2 Å². The molecule has 7 heteroatoms. The first-order valence-corrected chi connectivity index (χ1v) is 10.8. The zero-order chi connectivity index (χ0) is 21.5. The van der Waals surface area contributed by atoms with Gasteiger partial charge in [-0.1, -0.05) is 25.1 Å². The van der Waals surface area contributed by atoms with Crippen molar-refractivity contribution >= 4 is 28.5 Å². The monoisotopic (exact) mass is 411 g/mol. The van der Waals surface area contributed by atoms with Crippen molar-refractivity contribution in [1.82, 2.24) is 10.3 Å². The van der Waals surface area contributed by atoms with Crippen LogP contribution >= 0.6 is 0 Å². The molecule has 0 saturated carbocycles. The van der Waals surface area contributed by atoms with E-state index in [0.29, 0.717) is 23.5 Å². The number of nitrogens with one attached hydrogen (secondary N) is 2. The van der Waals surface area contributed by atoms with Gasteiger partial charge in [0.25, 0.3) is 0 Å². The quantitative estimate of drug-likeness (QED) is 0.456. The topological polar surface area (TPSA) is 102 Å². The van der Waals surface area contributed by atoms with Crippen molar-refractivity contribution in [2.24, 2.45) is 10.7 Å². The summed E-state index contributed by atoms with van der Waals surface area (Å²) >= 11 is 0. The number of para-hydroxylation sites is 1. The van der Waals surface area contributed by atoms with Gasteiger partial charge in [0.15, 0.2) is 0 Å². The molecule has 1 atom stereocenters. The first kappa shape index (κ1) is 22.2. The summed E-state index contributed by atoms with van der Waals surface area (Å²) in [6.45, 7) is 8.03. The molecule has 0 spiro atoms. The number of carbonyl (C=O) groups is 1. The normalized spacial score (nSPS) is 16.6. The number of ether oxygens (including phenoxy) is 1. The lowest BCUT2D eigenvalue weighted by Gasteiger charge is -2.28. The van der Waals surface area contributed by atoms with E-state index in [-0.39, 0.29) is 11.7 Å². The highest BCUT2D eigenvalue weighted by Crippen LogP contribution is 2.26. The SMILES string of the molecule is CCC(CCNc1nc2ccccc2c(C)c1C(N)=NC(C)=O)NC1CCOCC1. The lowest BCUT2D eigenvalue weighted by molar-refractivity contribution is -0.115. The maximum Gasteiger partial charge on any atom is 0.244 e. The molecule has 1 fully saturated rings. The van der Waals surface area contributed by atoms with E-state index in [4.69, 9.17) is 15.5 Å². The van der Waals surface area contributed by atoms with Crippen molar-refractivity contribution in [3.63, 3.8) is 0 Å². The van der Waals surface area contributed by atoms with Gasteiger partial charge >= 0.3 is 0 Å². The number of carbonyl (C=O) groups excluding carboxylic acids is 1. The number of aromatic nitrogens is 1. The second-order valence-corrected chi connectivity index (χ2v) is 7.87. The number of hydrogen-bond acceptors (Lipinski definition) is 5. The van der Waals surface area contributed by atoms with E-state index >= 15 is 0 Å². The predicted molar refractivity (Wildman–Crippen MR) is 122 cm³/mol. The molecule has 1 saturated heterocycles. The zero-order valence-corrected chi connectivity index (χ0v) is 18.2. The van der Waals surface area contributed by atoms with E-state index in [9.17, 15) is 4.79 Å². The zero-order valence-electron chi connectivity index (χ0n) is 18.2. The van der Waals surface area contributed by atoms with Gasteiger partial charge in [-0.05, 0) is 44.2 Å². The number of anilines is 1. The molecule has 4 N–H and O–H groups in total. The summed E-state index contributed by atoms with van der Waals surface area (Å²) < 4.78 is 5.46. The highest BCUT2D eigenvalue weighted by Gasteiger charge is 2.19. The molecule has 162 valence electrons. The highest BCUT2D eigenvalue weighted by molar-refractivity contribution is 6.10. The molecule has 30 heavy (non-hydrogen) atoms. The summed E-state index contributed by atoms with van der Waals surface area (Å²) in [6, 6.07) is 8.89. The van der Waals surface area contributed by atoms with Crippen LogP contribution in [0.4, 0.5) is 5.82 Å². The van der Waals surface area contributed by atoms with E-state index in [1.165, 1.54) is 6.92 Å². The molecule has 0 radical (unpaired) electrons. The van der Waals surface area contributed by atoms with Crippen LogP contribution in [-0.4, -0.2) is 48.6 Å². The van der Waals surface area contributed by atoms with Gasteiger partial charge in [0.1, 0.15) is 11.7 Å². The Morgan fingerprint density at radius 3 is 2.77 bits per heavy atom. The lowest BCUT2D eigenvalue weighted by Crippen LogP contribution is -2.42. The number of aryl methyl sites for hydroxylation is 1. The van der Waals surface area contributed by atoms with Crippen LogP contribution in [0, 0.1) is 6.92 Å². The smallest absolute Gasteiger partial charge is 0.244 e. The van der Waals surface area contributed by atoms with Gasteiger partial charge in [0.2, 0.25) is 5.91 Å². The Morgan fingerprint density at radius 1 is 1.33 bits per heavy atom. The number of nitrogens with two attached hydrogens (primary N) is 1. The average molecular weight is 412 g/mol. The number of aliphatic imine (C=N–C) groups is 1. The number of rotatable bonds is 8. The number of nitrogens with zero attached hydrogens (tertiary/aromatic N) is 2. The van der Waals surface area contributed by atoms with Crippen LogP contribution in [0.15, 0.2) is 29.3 Å². The second kappa shape index (κ2) is 10.5. The molecular formula is C23H33N5O2. The summed E-state index contributed by atoms with van der Waals surface area (Å²) in [5.74, 6) is 0.556. The van der Waals surface area contributed by atoms with E-state index < -0.39 is 0 Å². The van der Waals surface area contributed by atoms with Gasteiger partial charge in [-0.2, -0.15) is 4.99 Å². The second-order valence-electron chi connectivity index (χ2n) is 7.87.